The number of amides is 1. The van der Waals surface area contributed by atoms with Gasteiger partial charge in [0.15, 0.2) is 0 Å². The van der Waals surface area contributed by atoms with E-state index in [4.69, 9.17) is 0 Å². The van der Waals surface area contributed by atoms with Crippen LogP contribution in [0.25, 0.3) is 0 Å². The Bertz CT molecular complexity index is 1000. The van der Waals surface area contributed by atoms with Gasteiger partial charge in [0.2, 0.25) is 15.9 Å². The Hall–Kier alpha value is -2.22. The van der Waals surface area contributed by atoms with Gasteiger partial charge < -0.3 is 5.32 Å². The molecule has 6 nitrogen and oxygen atoms in total. The van der Waals surface area contributed by atoms with Gasteiger partial charge in [-0.25, -0.2) is 8.42 Å². The summed E-state index contributed by atoms with van der Waals surface area (Å²) < 4.78 is 27.6. The molecule has 1 fully saturated rings. The number of nitrogens with one attached hydrogen (secondary N) is 1. The summed E-state index contributed by atoms with van der Waals surface area (Å²) in [5.74, 6) is -0.0405. The number of carbonyl (C=O) groups excluding carboxylic acids is 1. The van der Waals surface area contributed by atoms with Crippen molar-refractivity contribution in [3.05, 3.63) is 65.2 Å². The number of sulfonamides is 1. The summed E-state index contributed by atoms with van der Waals surface area (Å²) >= 11 is 0. The molecule has 0 bridgehead atoms. The van der Waals surface area contributed by atoms with E-state index in [1.807, 2.05) is 54.3 Å². The number of hydrogen-bond acceptors (Lipinski definition) is 4. The van der Waals surface area contributed by atoms with E-state index in [0.717, 1.165) is 24.8 Å². The van der Waals surface area contributed by atoms with Crippen LogP contribution in [0.4, 0.5) is 0 Å². The summed E-state index contributed by atoms with van der Waals surface area (Å²) in [7, 11) is -3.48. The lowest BCUT2D eigenvalue weighted by Gasteiger charge is -2.33. The SMILES string of the molecule is C[C@@H](NC(=O)CN1CCN(S(=O)(=O)c2ccc3c(c2)CCC3)CC1)c1ccccc1. The molecule has 2 aliphatic rings. The van der Waals surface area contributed by atoms with Crippen molar-refractivity contribution in [1.82, 2.24) is 14.5 Å². The van der Waals surface area contributed by atoms with Crippen LogP contribution in [0.3, 0.4) is 0 Å². The number of rotatable bonds is 6. The Morgan fingerprint density at radius 1 is 1.00 bits per heavy atom. The van der Waals surface area contributed by atoms with E-state index in [2.05, 4.69) is 5.32 Å². The fourth-order valence-corrected chi connectivity index (χ4v) is 5.77. The lowest BCUT2D eigenvalue weighted by Crippen LogP contribution is -2.51. The molecule has 0 unspecified atom stereocenters. The average molecular weight is 428 g/mol. The molecular formula is C23H29N3O3S. The molecule has 2 aromatic rings. The predicted molar refractivity (Wildman–Crippen MR) is 117 cm³/mol. The molecule has 0 aromatic heterocycles. The van der Waals surface area contributed by atoms with Crippen molar-refractivity contribution < 1.29 is 13.2 Å². The molecule has 4 rings (SSSR count). The number of fused-ring (bicyclic) bond motifs is 1. The second kappa shape index (κ2) is 8.88. The maximum absolute atomic E-state index is 13.0. The maximum Gasteiger partial charge on any atom is 0.243 e. The zero-order valence-corrected chi connectivity index (χ0v) is 18.2. The van der Waals surface area contributed by atoms with Crippen LogP contribution >= 0.6 is 0 Å². The molecule has 1 saturated heterocycles. The Balaban J connectivity index is 1.31. The highest BCUT2D eigenvalue weighted by atomic mass is 32.2. The van der Waals surface area contributed by atoms with Crippen LogP contribution < -0.4 is 5.32 Å². The van der Waals surface area contributed by atoms with Gasteiger partial charge in [-0.1, -0.05) is 36.4 Å². The molecule has 0 saturated carbocycles. The Labute approximate surface area is 178 Å². The summed E-state index contributed by atoms with van der Waals surface area (Å²) in [4.78, 5) is 14.8. The number of piperazine rings is 1. The molecule has 0 spiro atoms. The van der Waals surface area contributed by atoms with Gasteiger partial charge in [-0.15, -0.1) is 0 Å². The number of carbonyl (C=O) groups is 1. The Kier molecular flexibility index (Phi) is 6.22. The third-order valence-electron chi connectivity index (χ3n) is 6.08. The normalized spacial score (nSPS) is 18.7. The van der Waals surface area contributed by atoms with E-state index in [-0.39, 0.29) is 18.5 Å². The molecule has 1 atom stereocenters. The first-order chi connectivity index (χ1) is 14.4. The van der Waals surface area contributed by atoms with Crippen LogP contribution in [-0.2, 0) is 27.7 Å². The molecule has 1 aliphatic heterocycles. The molecule has 2 aromatic carbocycles. The van der Waals surface area contributed by atoms with Gasteiger partial charge in [-0.3, -0.25) is 9.69 Å². The highest BCUT2D eigenvalue weighted by Crippen LogP contribution is 2.26. The second-order valence-electron chi connectivity index (χ2n) is 8.16. The van der Waals surface area contributed by atoms with Crippen molar-refractivity contribution in [2.24, 2.45) is 0 Å². The van der Waals surface area contributed by atoms with Gasteiger partial charge in [0.05, 0.1) is 17.5 Å². The van der Waals surface area contributed by atoms with Crippen molar-refractivity contribution in [1.29, 1.82) is 0 Å². The summed E-state index contributed by atoms with van der Waals surface area (Å²) in [6.45, 7) is 4.16. The summed E-state index contributed by atoms with van der Waals surface area (Å²) in [6.07, 6.45) is 3.10. The van der Waals surface area contributed by atoms with Gasteiger partial charge in [-0.05, 0) is 55.0 Å². The molecule has 30 heavy (non-hydrogen) atoms. The summed E-state index contributed by atoms with van der Waals surface area (Å²) in [6, 6.07) is 15.4. The smallest absolute Gasteiger partial charge is 0.243 e. The maximum atomic E-state index is 13.0. The van der Waals surface area contributed by atoms with Crippen LogP contribution in [0.2, 0.25) is 0 Å². The minimum absolute atomic E-state index is 0.0405. The van der Waals surface area contributed by atoms with Gasteiger partial charge in [0, 0.05) is 26.2 Å². The van der Waals surface area contributed by atoms with E-state index in [1.165, 1.54) is 11.1 Å². The molecule has 160 valence electrons. The minimum atomic E-state index is -3.48. The predicted octanol–water partition coefficient (Wildman–Crippen LogP) is 2.36. The van der Waals surface area contributed by atoms with Gasteiger partial charge in [-0.2, -0.15) is 4.31 Å². The Morgan fingerprint density at radius 3 is 2.43 bits per heavy atom. The van der Waals surface area contributed by atoms with Crippen LogP contribution in [0.1, 0.15) is 36.1 Å². The van der Waals surface area contributed by atoms with Crippen molar-refractivity contribution in [2.75, 3.05) is 32.7 Å². The topological polar surface area (TPSA) is 69.7 Å². The van der Waals surface area contributed by atoms with E-state index >= 15 is 0 Å². The minimum Gasteiger partial charge on any atom is -0.348 e. The Morgan fingerprint density at radius 2 is 1.70 bits per heavy atom. The number of aryl methyl sites for hydroxylation is 2. The zero-order chi connectivity index (χ0) is 21.1. The van der Waals surface area contributed by atoms with E-state index < -0.39 is 10.0 Å². The van der Waals surface area contributed by atoms with E-state index in [9.17, 15) is 13.2 Å². The van der Waals surface area contributed by atoms with Crippen LogP contribution in [0, 0.1) is 0 Å². The fourth-order valence-electron chi connectivity index (χ4n) is 4.30. The molecule has 1 N–H and O–H groups in total. The second-order valence-corrected chi connectivity index (χ2v) is 10.1. The standard InChI is InChI=1S/C23H29N3O3S/c1-18(19-6-3-2-4-7-19)24-23(27)17-25-12-14-26(15-13-25)30(28,29)22-11-10-20-8-5-9-21(20)16-22/h2-4,6-7,10-11,16,18H,5,8-9,12-15,17H2,1H3,(H,24,27)/t18-/m1/s1. The number of hydrogen-bond donors (Lipinski definition) is 1. The largest absolute Gasteiger partial charge is 0.348 e. The number of nitrogens with zero attached hydrogens (tertiary/aromatic N) is 2. The van der Waals surface area contributed by atoms with E-state index in [0.29, 0.717) is 31.1 Å². The first-order valence-electron chi connectivity index (χ1n) is 10.6. The monoisotopic (exact) mass is 427 g/mol. The van der Waals surface area contributed by atoms with Crippen molar-refractivity contribution in [3.8, 4) is 0 Å². The molecular weight excluding hydrogens is 398 g/mol. The van der Waals surface area contributed by atoms with Gasteiger partial charge in [0.1, 0.15) is 0 Å². The average Bonchev–Trinajstić information content (AvgIpc) is 3.22. The molecule has 0 radical (unpaired) electrons. The molecule has 1 aliphatic carbocycles. The van der Waals surface area contributed by atoms with E-state index in [1.54, 1.807) is 10.4 Å². The third kappa shape index (κ3) is 4.58. The van der Waals surface area contributed by atoms with Crippen molar-refractivity contribution >= 4 is 15.9 Å². The lowest BCUT2D eigenvalue weighted by molar-refractivity contribution is -0.123. The van der Waals surface area contributed by atoms with Crippen LogP contribution in [0.5, 0.6) is 0 Å². The van der Waals surface area contributed by atoms with Crippen molar-refractivity contribution in [3.63, 3.8) is 0 Å². The highest BCUT2D eigenvalue weighted by Gasteiger charge is 2.30. The first-order valence-corrected chi connectivity index (χ1v) is 12.1. The van der Waals surface area contributed by atoms with Gasteiger partial charge in [0.25, 0.3) is 0 Å². The zero-order valence-electron chi connectivity index (χ0n) is 17.4. The first kappa shape index (κ1) is 21.0. The molecule has 7 heteroatoms. The molecule has 1 heterocycles. The van der Waals surface area contributed by atoms with Gasteiger partial charge >= 0.3 is 0 Å². The summed E-state index contributed by atoms with van der Waals surface area (Å²) in [5.41, 5.74) is 3.50. The van der Waals surface area contributed by atoms with Crippen LogP contribution in [-0.4, -0.2) is 56.3 Å². The highest BCUT2D eigenvalue weighted by molar-refractivity contribution is 7.89. The number of benzene rings is 2. The fraction of sp³-hybridized carbons (Fsp3) is 0.435. The van der Waals surface area contributed by atoms with Crippen molar-refractivity contribution in [2.45, 2.75) is 37.1 Å². The summed E-state index contributed by atoms with van der Waals surface area (Å²) in [5, 5.41) is 3.02. The third-order valence-corrected chi connectivity index (χ3v) is 7.98. The van der Waals surface area contributed by atoms with Crippen LogP contribution in [0.15, 0.2) is 53.4 Å². The quantitative estimate of drug-likeness (QED) is 0.768. The molecule has 1 amide bonds. The lowest BCUT2D eigenvalue weighted by atomic mass is 10.1.